The molecular weight excluding hydrogens is 324 g/mol. The summed E-state index contributed by atoms with van der Waals surface area (Å²) in [6, 6.07) is -0.608. The van der Waals surface area contributed by atoms with Crippen LogP contribution in [-0.4, -0.2) is 66.9 Å². The van der Waals surface area contributed by atoms with E-state index in [4.69, 9.17) is 0 Å². The van der Waals surface area contributed by atoms with E-state index in [1.54, 1.807) is 18.7 Å². The van der Waals surface area contributed by atoms with E-state index >= 15 is 0 Å². The molecule has 0 aliphatic carbocycles. The van der Waals surface area contributed by atoms with Gasteiger partial charge in [-0.1, -0.05) is 13.8 Å². The van der Waals surface area contributed by atoms with Crippen molar-refractivity contribution >= 4 is 17.6 Å². The molecule has 1 fully saturated rings. The van der Waals surface area contributed by atoms with Gasteiger partial charge >= 0.3 is 0 Å². The fourth-order valence-corrected chi connectivity index (χ4v) is 3.09. The Bertz CT molecular complexity index is 884. The van der Waals surface area contributed by atoms with Crippen LogP contribution in [0.25, 0.3) is 5.78 Å². The number of aromatic amines is 1. The Morgan fingerprint density at radius 1 is 1.36 bits per heavy atom. The fraction of sp³-hybridized carbons (Fsp3) is 0.562. The number of piperazine rings is 1. The molecule has 1 aliphatic rings. The number of carbonyl (C=O) groups excluding carboxylic acids is 2. The standard InChI is InChI=1S/C16H22N6O3/c1-9(2)8-20-5-6-21(10(3)13(20)23)14(24)12-7-17-16-18-11(4)19-22(16)15(12)25/h7,9-10H,5-6,8H2,1-4H3,(H,17,18,19)/t10-/m1/s1. The molecule has 1 N–H and O–H groups in total. The molecule has 9 nitrogen and oxygen atoms in total. The van der Waals surface area contributed by atoms with E-state index in [9.17, 15) is 14.4 Å². The summed E-state index contributed by atoms with van der Waals surface area (Å²) in [5.74, 6) is 0.521. The highest BCUT2D eigenvalue weighted by Crippen LogP contribution is 2.15. The van der Waals surface area contributed by atoms with Gasteiger partial charge in [-0.15, -0.1) is 0 Å². The Morgan fingerprint density at radius 2 is 2.08 bits per heavy atom. The second-order valence-electron chi connectivity index (χ2n) is 6.77. The Kier molecular flexibility index (Phi) is 4.32. The molecule has 0 saturated carbocycles. The minimum atomic E-state index is -0.608. The third-order valence-corrected chi connectivity index (χ3v) is 4.31. The zero-order chi connectivity index (χ0) is 18.3. The lowest BCUT2D eigenvalue weighted by atomic mass is 10.1. The molecule has 134 valence electrons. The molecule has 2 amide bonds. The Balaban J connectivity index is 1.88. The minimum absolute atomic E-state index is 0.0712. The van der Waals surface area contributed by atoms with Crippen LogP contribution in [0.15, 0.2) is 11.0 Å². The van der Waals surface area contributed by atoms with Gasteiger partial charge in [0.15, 0.2) is 0 Å². The first-order chi connectivity index (χ1) is 11.8. The molecule has 1 aliphatic heterocycles. The molecule has 0 spiro atoms. The average Bonchev–Trinajstić information content (AvgIpc) is 2.93. The van der Waals surface area contributed by atoms with Crippen LogP contribution in [0.3, 0.4) is 0 Å². The predicted octanol–water partition coefficient (Wildman–Crippen LogP) is 0.0549. The van der Waals surface area contributed by atoms with Gasteiger partial charge in [0.1, 0.15) is 17.4 Å². The number of nitrogens with zero attached hydrogens (tertiary/aromatic N) is 5. The summed E-state index contributed by atoms with van der Waals surface area (Å²) in [7, 11) is 0. The summed E-state index contributed by atoms with van der Waals surface area (Å²) in [6.07, 6.45) is 1.23. The van der Waals surface area contributed by atoms with Crippen molar-refractivity contribution in [1.29, 1.82) is 0 Å². The van der Waals surface area contributed by atoms with Crippen molar-refractivity contribution < 1.29 is 9.59 Å². The summed E-state index contributed by atoms with van der Waals surface area (Å²) in [5.41, 5.74) is -0.585. The van der Waals surface area contributed by atoms with Gasteiger partial charge in [0, 0.05) is 25.8 Å². The summed E-state index contributed by atoms with van der Waals surface area (Å²) in [6.45, 7) is 9.00. The minimum Gasteiger partial charge on any atom is -0.339 e. The lowest BCUT2D eigenvalue weighted by molar-refractivity contribution is -0.140. The Labute approximate surface area is 144 Å². The number of aryl methyl sites for hydroxylation is 1. The van der Waals surface area contributed by atoms with Crippen LogP contribution >= 0.6 is 0 Å². The van der Waals surface area contributed by atoms with E-state index < -0.39 is 17.5 Å². The second kappa shape index (κ2) is 6.30. The van der Waals surface area contributed by atoms with Crippen LogP contribution in [0.2, 0.25) is 0 Å². The number of hydrogen-bond donors (Lipinski definition) is 1. The second-order valence-corrected chi connectivity index (χ2v) is 6.77. The van der Waals surface area contributed by atoms with Crippen LogP contribution < -0.4 is 5.56 Å². The number of amides is 2. The van der Waals surface area contributed by atoms with Gasteiger partial charge in [-0.3, -0.25) is 19.5 Å². The molecule has 0 unspecified atom stereocenters. The van der Waals surface area contributed by atoms with Gasteiger partial charge in [0.25, 0.3) is 17.2 Å². The highest BCUT2D eigenvalue weighted by atomic mass is 16.2. The summed E-state index contributed by atoms with van der Waals surface area (Å²) >= 11 is 0. The first-order valence-corrected chi connectivity index (χ1v) is 8.33. The number of aromatic nitrogens is 4. The third kappa shape index (κ3) is 3.01. The number of fused-ring (bicyclic) bond motifs is 1. The van der Waals surface area contributed by atoms with Crippen molar-refractivity contribution in [3.63, 3.8) is 0 Å². The van der Waals surface area contributed by atoms with Crippen molar-refractivity contribution in [2.75, 3.05) is 19.6 Å². The van der Waals surface area contributed by atoms with Gasteiger partial charge in [0.05, 0.1) is 0 Å². The molecule has 2 aromatic rings. The van der Waals surface area contributed by atoms with Crippen molar-refractivity contribution in [2.24, 2.45) is 5.92 Å². The zero-order valence-corrected chi connectivity index (χ0v) is 14.8. The maximum atomic E-state index is 12.8. The SMILES string of the molecule is Cc1nc2ncc(C(=O)N3CCN(CC(C)C)C(=O)[C@H]3C)c(=O)n2[nH]1. The third-order valence-electron chi connectivity index (χ3n) is 4.31. The molecule has 0 bridgehead atoms. The van der Waals surface area contributed by atoms with Crippen LogP contribution in [0.1, 0.15) is 37.0 Å². The van der Waals surface area contributed by atoms with E-state index in [1.165, 1.54) is 11.1 Å². The van der Waals surface area contributed by atoms with Crippen molar-refractivity contribution in [3.05, 3.63) is 27.9 Å². The lowest BCUT2D eigenvalue weighted by Gasteiger charge is -2.39. The van der Waals surface area contributed by atoms with Gasteiger partial charge in [-0.05, 0) is 19.8 Å². The molecule has 0 aromatic carbocycles. The topological polar surface area (TPSA) is 104 Å². The van der Waals surface area contributed by atoms with Gasteiger partial charge in [-0.2, -0.15) is 9.50 Å². The van der Waals surface area contributed by atoms with Crippen molar-refractivity contribution in [2.45, 2.75) is 33.7 Å². The zero-order valence-electron chi connectivity index (χ0n) is 14.8. The highest BCUT2D eigenvalue weighted by molar-refractivity contribution is 5.97. The molecule has 1 atom stereocenters. The normalized spacial score (nSPS) is 18.4. The number of hydrogen-bond acceptors (Lipinski definition) is 5. The molecule has 25 heavy (non-hydrogen) atoms. The summed E-state index contributed by atoms with van der Waals surface area (Å²) in [4.78, 5) is 49.2. The highest BCUT2D eigenvalue weighted by Gasteiger charge is 2.35. The molecule has 3 heterocycles. The molecule has 3 rings (SSSR count). The van der Waals surface area contributed by atoms with Gasteiger partial charge in [0.2, 0.25) is 5.91 Å². The first kappa shape index (κ1) is 17.1. The maximum absolute atomic E-state index is 12.8. The number of H-pyrrole nitrogens is 1. The average molecular weight is 346 g/mol. The van der Waals surface area contributed by atoms with E-state index in [1.807, 2.05) is 13.8 Å². The quantitative estimate of drug-likeness (QED) is 0.846. The number of carbonyl (C=O) groups is 2. The fourth-order valence-electron chi connectivity index (χ4n) is 3.09. The smallest absolute Gasteiger partial charge is 0.286 e. The van der Waals surface area contributed by atoms with E-state index in [-0.39, 0.29) is 17.2 Å². The van der Waals surface area contributed by atoms with E-state index in [0.29, 0.717) is 31.4 Å². The number of nitrogens with one attached hydrogen (secondary N) is 1. The molecular formula is C16H22N6O3. The largest absolute Gasteiger partial charge is 0.339 e. The van der Waals surface area contributed by atoms with Crippen LogP contribution in [0.4, 0.5) is 0 Å². The Morgan fingerprint density at radius 3 is 2.76 bits per heavy atom. The number of rotatable bonds is 3. The van der Waals surface area contributed by atoms with Crippen LogP contribution in [0, 0.1) is 12.8 Å². The Hall–Kier alpha value is -2.71. The predicted molar refractivity (Wildman–Crippen MR) is 90.3 cm³/mol. The van der Waals surface area contributed by atoms with Crippen LogP contribution in [0.5, 0.6) is 0 Å². The van der Waals surface area contributed by atoms with Gasteiger partial charge < -0.3 is 9.80 Å². The van der Waals surface area contributed by atoms with E-state index in [0.717, 1.165) is 4.52 Å². The molecule has 1 saturated heterocycles. The maximum Gasteiger partial charge on any atom is 0.286 e. The van der Waals surface area contributed by atoms with Crippen LogP contribution in [-0.2, 0) is 4.79 Å². The molecule has 0 radical (unpaired) electrons. The summed E-state index contributed by atoms with van der Waals surface area (Å²) < 4.78 is 1.14. The molecule has 9 heteroatoms. The molecule has 2 aromatic heterocycles. The lowest BCUT2D eigenvalue weighted by Crippen LogP contribution is -2.58. The van der Waals surface area contributed by atoms with Crippen molar-refractivity contribution in [3.8, 4) is 0 Å². The van der Waals surface area contributed by atoms with Gasteiger partial charge in [-0.25, -0.2) is 4.98 Å². The first-order valence-electron chi connectivity index (χ1n) is 8.33. The van der Waals surface area contributed by atoms with E-state index in [2.05, 4.69) is 15.1 Å². The monoisotopic (exact) mass is 346 g/mol. The van der Waals surface area contributed by atoms with Crippen molar-refractivity contribution in [1.82, 2.24) is 29.4 Å². The summed E-state index contributed by atoms with van der Waals surface area (Å²) in [5, 5.41) is 2.76.